The largest absolute Gasteiger partial charge is 0.462 e. The van der Waals surface area contributed by atoms with Crippen LogP contribution in [0.15, 0.2) is 83.1 Å². The third kappa shape index (κ3) is 7.00. The van der Waals surface area contributed by atoms with E-state index >= 15 is 0 Å². The van der Waals surface area contributed by atoms with Crippen molar-refractivity contribution < 1.29 is 19.1 Å². The lowest BCUT2D eigenvalue weighted by Gasteiger charge is -2.16. The molecule has 40 heavy (non-hydrogen) atoms. The molecule has 206 valence electrons. The lowest BCUT2D eigenvalue weighted by molar-refractivity contribution is -0.115. The number of carbonyl (C=O) groups is 3. The molecule has 0 aliphatic carbocycles. The number of thioether (sulfide) groups is 1. The molecule has 2 N–H and O–H groups in total. The molecule has 6 nitrogen and oxygen atoms in total. The van der Waals surface area contributed by atoms with Gasteiger partial charge < -0.3 is 15.4 Å². The Hall–Kier alpha value is -3.88. The first-order valence-corrected chi connectivity index (χ1v) is 14.9. The maximum Gasteiger partial charge on any atom is 0.341 e. The van der Waals surface area contributed by atoms with Crippen molar-refractivity contribution >= 4 is 51.6 Å². The van der Waals surface area contributed by atoms with Crippen molar-refractivity contribution in [1.29, 1.82) is 0 Å². The van der Waals surface area contributed by atoms with Crippen molar-refractivity contribution in [2.75, 3.05) is 17.2 Å². The molecule has 3 aromatic carbocycles. The van der Waals surface area contributed by atoms with E-state index in [1.54, 1.807) is 13.0 Å². The Balaban J connectivity index is 1.51. The van der Waals surface area contributed by atoms with E-state index in [0.29, 0.717) is 28.2 Å². The van der Waals surface area contributed by atoms with Crippen LogP contribution in [0, 0.1) is 13.8 Å². The quantitative estimate of drug-likeness (QED) is 0.149. The normalized spacial score (nSPS) is 11.5. The zero-order chi connectivity index (χ0) is 28.6. The highest BCUT2D eigenvalue weighted by molar-refractivity contribution is 8.00. The molecule has 0 aliphatic rings. The van der Waals surface area contributed by atoms with Gasteiger partial charge in [0.2, 0.25) is 5.91 Å². The maximum atomic E-state index is 13.4. The number of benzene rings is 3. The Labute approximate surface area is 243 Å². The topological polar surface area (TPSA) is 84.5 Å². The minimum absolute atomic E-state index is 0.182. The smallest absolute Gasteiger partial charge is 0.341 e. The van der Waals surface area contributed by atoms with Gasteiger partial charge in [0.15, 0.2) is 0 Å². The van der Waals surface area contributed by atoms with Crippen molar-refractivity contribution in [1.82, 2.24) is 0 Å². The fraction of sp³-hybridized carbons (Fsp3) is 0.219. The number of nitrogens with one attached hydrogen (secondary N) is 2. The minimum Gasteiger partial charge on any atom is -0.462 e. The number of thiophene rings is 1. The number of ether oxygens (including phenoxy) is 1. The summed E-state index contributed by atoms with van der Waals surface area (Å²) in [4.78, 5) is 40.0. The van der Waals surface area contributed by atoms with Gasteiger partial charge in [-0.25, -0.2) is 4.79 Å². The van der Waals surface area contributed by atoms with Gasteiger partial charge in [-0.15, -0.1) is 23.1 Å². The van der Waals surface area contributed by atoms with Gasteiger partial charge >= 0.3 is 5.97 Å². The average Bonchev–Trinajstić information content (AvgIpc) is 3.36. The molecule has 1 aromatic heterocycles. The van der Waals surface area contributed by atoms with Gasteiger partial charge in [0.05, 0.1) is 11.9 Å². The molecular weight excluding hydrogens is 540 g/mol. The molecule has 1 heterocycles. The van der Waals surface area contributed by atoms with Crippen molar-refractivity contribution in [3.63, 3.8) is 0 Å². The molecular formula is C32H32N2O4S2. The van der Waals surface area contributed by atoms with E-state index < -0.39 is 11.2 Å². The Kier molecular flexibility index (Phi) is 9.79. The van der Waals surface area contributed by atoms with Crippen LogP contribution in [-0.4, -0.2) is 29.6 Å². The van der Waals surface area contributed by atoms with Gasteiger partial charge in [0, 0.05) is 27.1 Å². The number of anilines is 2. The molecule has 0 aliphatic heterocycles. The monoisotopic (exact) mass is 572 g/mol. The Morgan fingerprint density at radius 2 is 1.68 bits per heavy atom. The number of hydrogen-bond acceptors (Lipinski definition) is 6. The first kappa shape index (κ1) is 29.1. The van der Waals surface area contributed by atoms with E-state index in [0.717, 1.165) is 27.1 Å². The van der Waals surface area contributed by atoms with Crippen molar-refractivity contribution in [3.8, 4) is 11.1 Å². The van der Waals surface area contributed by atoms with Gasteiger partial charge in [0.25, 0.3) is 5.91 Å². The van der Waals surface area contributed by atoms with Crippen LogP contribution < -0.4 is 10.6 Å². The van der Waals surface area contributed by atoms with E-state index in [9.17, 15) is 14.4 Å². The van der Waals surface area contributed by atoms with Crippen LogP contribution >= 0.6 is 23.1 Å². The predicted octanol–water partition coefficient (Wildman–Crippen LogP) is 7.97. The van der Waals surface area contributed by atoms with E-state index in [-0.39, 0.29) is 18.4 Å². The number of carbonyl (C=O) groups excluding carboxylic acids is 3. The zero-order valence-corrected chi connectivity index (χ0v) is 24.6. The molecule has 0 spiro atoms. The number of hydrogen-bond donors (Lipinski definition) is 2. The highest BCUT2D eigenvalue weighted by atomic mass is 32.2. The lowest BCUT2D eigenvalue weighted by Crippen LogP contribution is -2.25. The van der Waals surface area contributed by atoms with E-state index in [1.807, 2.05) is 92.9 Å². The molecule has 0 saturated carbocycles. The highest BCUT2D eigenvalue weighted by Gasteiger charge is 2.26. The first-order valence-electron chi connectivity index (χ1n) is 13.1. The highest BCUT2D eigenvalue weighted by Crippen LogP contribution is 2.37. The molecule has 0 fully saturated rings. The second kappa shape index (κ2) is 13.5. The van der Waals surface area contributed by atoms with Crippen LogP contribution in [-0.2, 0) is 9.53 Å². The number of esters is 1. The molecule has 4 aromatic rings. The molecule has 1 atom stereocenters. The second-order valence-electron chi connectivity index (χ2n) is 9.24. The van der Waals surface area contributed by atoms with Crippen LogP contribution in [0.4, 0.5) is 10.7 Å². The van der Waals surface area contributed by atoms with Crippen molar-refractivity contribution in [3.05, 3.63) is 100 Å². The van der Waals surface area contributed by atoms with E-state index in [4.69, 9.17) is 4.74 Å². The summed E-state index contributed by atoms with van der Waals surface area (Å²) >= 11 is 2.72. The summed E-state index contributed by atoms with van der Waals surface area (Å²) in [6, 6.07) is 22.8. The van der Waals surface area contributed by atoms with Crippen molar-refractivity contribution in [2.24, 2.45) is 0 Å². The molecule has 4 rings (SSSR count). The van der Waals surface area contributed by atoms with Crippen LogP contribution in [0.1, 0.15) is 52.1 Å². The third-order valence-corrected chi connectivity index (χ3v) is 8.55. The maximum absolute atomic E-state index is 13.4. The van der Waals surface area contributed by atoms with Gasteiger partial charge in [0.1, 0.15) is 10.6 Å². The molecule has 0 radical (unpaired) electrons. The number of aryl methyl sites for hydroxylation is 2. The third-order valence-electron chi connectivity index (χ3n) is 6.29. The van der Waals surface area contributed by atoms with Crippen molar-refractivity contribution in [2.45, 2.75) is 44.3 Å². The summed E-state index contributed by atoms with van der Waals surface area (Å²) in [7, 11) is 0. The Morgan fingerprint density at radius 3 is 2.38 bits per heavy atom. The summed E-state index contributed by atoms with van der Waals surface area (Å²) in [6.07, 6.45) is 0.571. The lowest BCUT2D eigenvalue weighted by atomic mass is 10.0. The SMILES string of the molecule is CCOC(=O)c1c(-c2ccc(C)cc2)csc1NC(=O)C(CC)Sc1cccc(NC(=O)c2ccccc2C)c1. The molecule has 1 unspecified atom stereocenters. The molecule has 0 bridgehead atoms. The fourth-order valence-electron chi connectivity index (χ4n) is 4.15. The number of rotatable bonds is 10. The summed E-state index contributed by atoms with van der Waals surface area (Å²) in [6.45, 7) is 7.84. The van der Waals surface area contributed by atoms with Gasteiger partial charge in [-0.2, -0.15) is 0 Å². The van der Waals surface area contributed by atoms with Crippen LogP contribution in [0.2, 0.25) is 0 Å². The van der Waals surface area contributed by atoms with Gasteiger partial charge in [-0.05, 0) is 62.6 Å². The van der Waals surface area contributed by atoms with Crippen LogP contribution in [0.25, 0.3) is 11.1 Å². The zero-order valence-electron chi connectivity index (χ0n) is 22.9. The standard InChI is InChI=1S/C32H32N2O4S2/c1-5-27(40-24-12-9-11-23(18-24)33-29(35)25-13-8-7-10-21(25)4)30(36)34-31-28(32(37)38-6-2)26(19-39-31)22-16-14-20(3)15-17-22/h7-19,27H,5-6H2,1-4H3,(H,33,35)(H,34,36). The van der Waals surface area contributed by atoms with Crippen LogP contribution in [0.3, 0.4) is 0 Å². The van der Waals surface area contributed by atoms with E-state index in [1.165, 1.54) is 23.1 Å². The van der Waals surface area contributed by atoms with Gasteiger partial charge in [-0.3, -0.25) is 9.59 Å². The minimum atomic E-state index is -0.465. The Morgan fingerprint density at radius 1 is 0.925 bits per heavy atom. The van der Waals surface area contributed by atoms with Crippen LogP contribution in [0.5, 0.6) is 0 Å². The summed E-state index contributed by atoms with van der Waals surface area (Å²) in [5.74, 6) is -0.851. The molecule has 2 amide bonds. The summed E-state index contributed by atoms with van der Waals surface area (Å²) in [5, 5.41) is 7.87. The fourth-order valence-corrected chi connectivity index (χ4v) is 6.13. The molecule has 0 saturated heterocycles. The first-order chi connectivity index (χ1) is 19.3. The Bertz CT molecular complexity index is 1510. The van der Waals surface area contributed by atoms with Gasteiger partial charge in [-0.1, -0.05) is 61.0 Å². The molecule has 8 heteroatoms. The average molecular weight is 573 g/mol. The second-order valence-corrected chi connectivity index (χ2v) is 11.4. The summed E-state index contributed by atoms with van der Waals surface area (Å²) < 4.78 is 5.34. The summed E-state index contributed by atoms with van der Waals surface area (Å²) in [5.41, 5.74) is 5.27. The van der Waals surface area contributed by atoms with E-state index in [2.05, 4.69) is 10.6 Å². The number of amides is 2. The predicted molar refractivity (Wildman–Crippen MR) is 165 cm³/mol.